The molecule has 0 saturated heterocycles. The lowest BCUT2D eigenvalue weighted by molar-refractivity contribution is -0.118. The highest BCUT2D eigenvalue weighted by atomic mass is 16.5. The second kappa shape index (κ2) is 5.21. The molecule has 3 heteroatoms. The van der Waals surface area contributed by atoms with Gasteiger partial charge in [0.2, 0.25) is 5.91 Å². The van der Waals surface area contributed by atoms with Crippen molar-refractivity contribution < 1.29 is 9.53 Å². The van der Waals surface area contributed by atoms with Gasteiger partial charge in [-0.15, -0.1) is 0 Å². The topological polar surface area (TPSA) is 38.3 Å². The van der Waals surface area contributed by atoms with Gasteiger partial charge in [0.15, 0.2) is 0 Å². The van der Waals surface area contributed by atoms with Crippen molar-refractivity contribution in [1.82, 2.24) is 0 Å². The molecule has 3 nitrogen and oxygen atoms in total. The molecular weight excluding hydrogens is 214 g/mol. The van der Waals surface area contributed by atoms with Crippen LogP contribution in [0.1, 0.15) is 34.6 Å². The molecule has 0 heterocycles. The minimum absolute atomic E-state index is 0.0120. The quantitative estimate of drug-likeness (QED) is 0.871. The molecule has 1 rings (SSSR count). The molecule has 0 aliphatic heterocycles. The van der Waals surface area contributed by atoms with E-state index >= 15 is 0 Å². The molecule has 1 amide bonds. The number of amides is 1. The summed E-state index contributed by atoms with van der Waals surface area (Å²) in [5, 5.41) is 2.85. The van der Waals surface area contributed by atoms with Gasteiger partial charge in [-0.25, -0.2) is 0 Å². The van der Waals surface area contributed by atoms with Crippen LogP contribution in [0.5, 0.6) is 5.75 Å². The second-order valence-electron chi connectivity index (χ2n) is 5.39. The zero-order valence-corrected chi connectivity index (χ0v) is 11.2. The summed E-state index contributed by atoms with van der Waals surface area (Å²) >= 11 is 0. The highest BCUT2D eigenvalue weighted by Gasteiger charge is 2.12. The Bertz CT molecular complexity index is 391. The first-order valence-corrected chi connectivity index (χ1v) is 5.88. The minimum Gasteiger partial charge on any atom is -0.488 e. The van der Waals surface area contributed by atoms with Gasteiger partial charge in [0, 0.05) is 17.7 Å². The third-order valence-electron chi connectivity index (χ3n) is 2.05. The van der Waals surface area contributed by atoms with E-state index in [9.17, 15) is 4.79 Å². The zero-order chi connectivity index (χ0) is 13.1. The Labute approximate surface area is 103 Å². The van der Waals surface area contributed by atoms with E-state index in [1.807, 2.05) is 58.9 Å². The number of rotatable bonds is 3. The number of anilines is 1. The van der Waals surface area contributed by atoms with Gasteiger partial charge < -0.3 is 10.1 Å². The average Bonchev–Trinajstić information content (AvgIpc) is 2.15. The van der Waals surface area contributed by atoms with Gasteiger partial charge in [0.25, 0.3) is 0 Å². The summed E-state index contributed by atoms with van der Waals surface area (Å²) in [7, 11) is 0. The lowest BCUT2D eigenvalue weighted by Gasteiger charge is -2.21. The van der Waals surface area contributed by atoms with E-state index in [4.69, 9.17) is 4.74 Å². The molecule has 0 unspecified atom stereocenters. The summed E-state index contributed by atoms with van der Waals surface area (Å²) in [5.74, 6) is 0.749. The third kappa shape index (κ3) is 4.89. The highest BCUT2D eigenvalue weighted by molar-refractivity contribution is 5.92. The molecule has 1 aromatic carbocycles. The molecule has 17 heavy (non-hydrogen) atoms. The first kappa shape index (κ1) is 13.6. The predicted octanol–water partition coefficient (Wildman–Crippen LogP) is 3.46. The van der Waals surface area contributed by atoms with Crippen LogP contribution in [0.3, 0.4) is 0 Å². The molecular formula is C14H21NO2. The molecule has 0 aliphatic rings. The van der Waals surface area contributed by atoms with Gasteiger partial charge in [-0.2, -0.15) is 0 Å². The predicted molar refractivity (Wildman–Crippen MR) is 70.3 cm³/mol. The first-order chi connectivity index (χ1) is 7.78. The van der Waals surface area contributed by atoms with Crippen LogP contribution in [0, 0.1) is 5.92 Å². The largest absolute Gasteiger partial charge is 0.488 e. The Morgan fingerprint density at radius 1 is 1.29 bits per heavy atom. The van der Waals surface area contributed by atoms with Crippen molar-refractivity contribution in [3.63, 3.8) is 0 Å². The fourth-order valence-electron chi connectivity index (χ4n) is 1.28. The van der Waals surface area contributed by atoms with E-state index in [1.54, 1.807) is 0 Å². The van der Waals surface area contributed by atoms with Crippen LogP contribution in [-0.2, 0) is 4.79 Å². The number of benzene rings is 1. The van der Waals surface area contributed by atoms with Crippen LogP contribution in [0.4, 0.5) is 5.69 Å². The van der Waals surface area contributed by atoms with Gasteiger partial charge in [0.1, 0.15) is 11.4 Å². The summed E-state index contributed by atoms with van der Waals surface area (Å²) in [5.41, 5.74) is 0.533. The maximum atomic E-state index is 11.6. The van der Waals surface area contributed by atoms with Crippen molar-refractivity contribution in [1.29, 1.82) is 0 Å². The highest BCUT2D eigenvalue weighted by Crippen LogP contribution is 2.22. The number of hydrogen-bond acceptors (Lipinski definition) is 2. The first-order valence-electron chi connectivity index (χ1n) is 5.88. The molecule has 0 fully saturated rings. The van der Waals surface area contributed by atoms with E-state index in [2.05, 4.69) is 5.32 Å². The summed E-state index contributed by atoms with van der Waals surface area (Å²) in [4.78, 5) is 11.6. The third-order valence-corrected chi connectivity index (χ3v) is 2.05. The number of hydrogen-bond donors (Lipinski definition) is 1. The van der Waals surface area contributed by atoms with Crippen molar-refractivity contribution in [3.8, 4) is 5.75 Å². The van der Waals surface area contributed by atoms with Crippen molar-refractivity contribution >= 4 is 11.6 Å². The average molecular weight is 235 g/mol. The SMILES string of the molecule is CC(C)C(=O)Nc1cccc(OC(C)(C)C)c1. The van der Waals surface area contributed by atoms with Crippen LogP contribution < -0.4 is 10.1 Å². The number of ether oxygens (including phenoxy) is 1. The van der Waals surface area contributed by atoms with Crippen LogP contribution in [0.25, 0.3) is 0 Å². The molecule has 0 atom stereocenters. The molecule has 1 aromatic rings. The van der Waals surface area contributed by atoms with Crippen LogP contribution in [-0.4, -0.2) is 11.5 Å². The second-order valence-corrected chi connectivity index (χ2v) is 5.39. The van der Waals surface area contributed by atoms with Gasteiger partial charge in [-0.3, -0.25) is 4.79 Å². The Hall–Kier alpha value is -1.51. The maximum absolute atomic E-state index is 11.6. The Morgan fingerprint density at radius 2 is 1.94 bits per heavy atom. The van der Waals surface area contributed by atoms with Gasteiger partial charge in [-0.05, 0) is 32.9 Å². The fraction of sp³-hybridized carbons (Fsp3) is 0.500. The van der Waals surface area contributed by atoms with Crippen molar-refractivity contribution in [2.24, 2.45) is 5.92 Å². The standard InChI is InChI=1S/C14H21NO2/c1-10(2)13(16)15-11-7-6-8-12(9-11)17-14(3,4)5/h6-10H,1-5H3,(H,15,16). The fourth-order valence-corrected chi connectivity index (χ4v) is 1.28. The Kier molecular flexibility index (Phi) is 4.16. The van der Waals surface area contributed by atoms with Crippen LogP contribution >= 0.6 is 0 Å². The lowest BCUT2D eigenvalue weighted by Crippen LogP contribution is -2.23. The number of nitrogens with one attached hydrogen (secondary N) is 1. The van der Waals surface area contributed by atoms with Gasteiger partial charge in [0.05, 0.1) is 0 Å². The summed E-state index contributed by atoms with van der Waals surface area (Å²) in [6, 6.07) is 7.45. The molecule has 94 valence electrons. The zero-order valence-electron chi connectivity index (χ0n) is 11.2. The van der Waals surface area contributed by atoms with E-state index in [1.165, 1.54) is 0 Å². The maximum Gasteiger partial charge on any atom is 0.226 e. The van der Waals surface area contributed by atoms with Crippen LogP contribution in [0.15, 0.2) is 24.3 Å². The molecule has 0 aliphatic carbocycles. The summed E-state index contributed by atoms with van der Waals surface area (Å²) in [6.07, 6.45) is 0. The summed E-state index contributed by atoms with van der Waals surface area (Å²) < 4.78 is 5.73. The number of carbonyl (C=O) groups is 1. The van der Waals surface area contributed by atoms with Gasteiger partial charge in [-0.1, -0.05) is 19.9 Å². The monoisotopic (exact) mass is 235 g/mol. The lowest BCUT2D eigenvalue weighted by atomic mass is 10.2. The minimum atomic E-state index is -0.235. The van der Waals surface area contributed by atoms with Crippen LogP contribution in [0.2, 0.25) is 0 Å². The van der Waals surface area contributed by atoms with E-state index in [-0.39, 0.29) is 17.4 Å². The van der Waals surface area contributed by atoms with E-state index < -0.39 is 0 Å². The Balaban J connectivity index is 2.76. The molecule has 0 bridgehead atoms. The summed E-state index contributed by atoms with van der Waals surface area (Å²) in [6.45, 7) is 9.71. The van der Waals surface area contributed by atoms with E-state index in [0.717, 1.165) is 11.4 Å². The molecule has 0 radical (unpaired) electrons. The molecule has 1 N–H and O–H groups in total. The number of carbonyl (C=O) groups excluding carboxylic acids is 1. The Morgan fingerprint density at radius 3 is 2.47 bits per heavy atom. The smallest absolute Gasteiger partial charge is 0.226 e. The van der Waals surface area contributed by atoms with Crippen molar-refractivity contribution in [2.75, 3.05) is 5.32 Å². The molecule has 0 aromatic heterocycles. The van der Waals surface area contributed by atoms with Crippen molar-refractivity contribution in [3.05, 3.63) is 24.3 Å². The van der Waals surface area contributed by atoms with Gasteiger partial charge >= 0.3 is 0 Å². The van der Waals surface area contributed by atoms with E-state index in [0.29, 0.717) is 0 Å². The molecule has 0 spiro atoms. The molecule has 0 saturated carbocycles. The van der Waals surface area contributed by atoms with Crippen molar-refractivity contribution in [2.45, 2.75) is 40.2 Å². The normalized spacial score (nSPS) is 11.4.